The lowest BCUT2D eigenvalue weighted by atomic mass is 9.66. The first-order valence-corrected chi connectivity index (χ1v) is 6.21. The van der Waals surface area contributed by atoms with Gasteiger partial charge in [0.1, 0.15) is 11.5 Å². The van der Waals surface area contributed by atoms with Crippen molar-refractivity contribution in [3.8, 4) is 0 Å². The Hall–Kier alpha value is -1.05. The van der Waals surface area contributed by atoms with E-state index >= 15 is 0 Å². The van der Waals surface area contributed by atoms with Gasteiger partial charge < -0.3 is 4.42 Å². The molecule has 0 N–H and O–H groups in total. The maximum atomic E-state index is 12.2. The van der Waals surface area contributed by atoms with E-state index in [1.165, 1.54) is 11.1 Å². The van der Waals surface area contributed by atoms with Crippen molar-refractivity contribution in [3.05, 3.63) is 23.2 Å². The zero-order chi connectivity index (χ0) is 11.1. The smallest absolute Gasteiger partial charge is 0.140 e. The van der Waals surface area contributed by atoms with Gasteiger partial charge in [-0.25, -0.2) is 0 Å². The molecular formula is C14H16O2. The van der Waals surface area contributed by atoms with E-state index in [0.29, 0.717) is 17.6 Å². The summed E-state index contributed by atoms with van der Waals surface area (Å²) in [7, 11) is 0. The molecule has 1 aromatic rings. The Balaban J connectivity index is 1.84. The largest absolute Gasteiger partial charge is 0.469 e. The molecule has 1 aromatic heterocycles. The molecule has 2 nitrogen and oxygen atoms in total. The molecule has 84 valence electrons. The summed E-state index contributed by atoms with van der Waals surface area (Å²) in [5.74, 6) is 3.03. The summed E-state index contributed by atoms with van der Waals surface area (Å²) in [5.41, 5.74) is 2.75. The highest BCUT2D eigenvalue weighted by atomic mass is 16.3. The second-order valence-corrected chi connectivity index (χ2v) is 6.11. The third-order valence-electron chi connectivity index (χ3n) is 5.28. The van der Waals surface area contributed by atoms with Gasteiger partial charge in [0.15, 0.2) is 0 Å². The minimum absolute atomic E-state index is 0.207. The number of rotatable bonds is 0. The molecule has 0 unspecified atom stereocenters. The van der Waals surface area contributed by atoms with Crippen LogP contribution in [0.25, 0.3) is 0 Å². The van der Waals surface area contributed by atoms with E-state index in [9.17, 15) is 4.79 Å². The normalized spacial score (nSPS) is 43.9. The fraction of sp³-hybridized carbons (Fsp3) is 0.643. The van der Waals surface area contributed by atoms with Crippen molar-refractivity contribution in [2.24, 2.45) is 23.2 Å². The van der Waals surface area contributed by atoms with Gasteiger partial charge in [-0.2, -0.15) is 0 Å². The van der Waals surface area contributed by atoms with Crippen molar-refractivity contribution in [1.29, 1.82) is 0 Å². The van der Waals surface area contributed by atoms with Gasteiger partial charge in [0.2, 0.25) is 0 Å². The summed E-state index contributed by atoms with van der Waals surface area (Å²) in [6.07, 6.45) is 4.90. The summed E-state index contributed by atoms with van der Waals surface area (Å²) in [6.45, 7) is 4.39. The minimum atomic E-state index is 0.207. The second kappa shape index (κ2) is 2.44. The Labute approximate surface area is 95.0 Å². The Bertz CT molecular complexity index is 499. The summed E-state index contributed by atoms with van der Waals surface area (Å²) in [4.78, 5) is 12.2. The second-order valence-electron chi connectivity index (χ2n) is 6.11. The van der Waals surface area contributed by atoms with E-state index in [-0.39, 0.29) is 11.3 Å². The molecule has 4 rings (SSSR count). The van der Waals surface area contributed by atoms with Gasteiger partial charge in [0.05, 0.1) is 6.26 Å². The first-order chi connectivity index (χ1) is 7.61. The predicted molar refractivity (Wildman–Crippen MR) is 59.1 cm³/mol. The molecule has 0 aromatic carbocycles. The highest BCUT2D eigenvalue weighted by Gasteiger charge is 2.66. The van der Waals surface area contributed by atoms with Crippen LogP contribution in [0.15, 0.2) is 10.7 Å². The van der Waals surface area contributed by atoms with Crippen LogP contribution in [-0.4, -0.2) is 5.78 Å². The fourth-order valence-corrected chi connectivity index (χ4v) is 4.16. The number of aryl methyl sites for hydroxylation is 1. The maximum Gasteiger partial charge on any atom is 0.140 e. The molecule has 0 spiro atoms. The topological polar surface area (TPSA) is 30.2 Å². The van der Waals surface area contributed by atoms with E-state index in [4.69, 9.17) is 4.42 Å². The first-order valence-electron chi connectivity index (χ1n) is 6.21. The number of fused-ring (bicyclic) bond motifs is 4. The minimum Gasteiger partial charge on any atom is -0.469 e. The van der Waals surface area contributed by atoms with E-state index < -0.39 is 0 Å². The highest BCUT2D eigenvalue weighted by Crippen LogP contribution is 2.66. The third kappa shape index (κ3) is 0.839. The summed E-state index contributed by atoms with van der Waals surface area (Å²) < 4.78 is 5.65. The third-order valence-corrected chi connectivity index (χ3v) is 5.28. The van der Waals surface area contributed by atoms with Crippen LogP contribution in [0, 0.1) is 30.1 Å². The van der Waals surface area contributed by atoms with Crippen molar-refractivity contribution in [1.82, 2.24) is 0 Å². The monoisotopic (exact) mass is 216 g/mol. The zero-order valence-corrected chi connectivity index (χ0v) is 9.75. The molecule has 0 radical (unpaired) electrons. The summed E-state index contributed by atoms with van der Waals surface area (Å²) in [6, 6.07) is 0. The van der Waals surface area contributed by atoms with Crippen LogP contribution in [0.4, 0.5) is 0 Å². The average molecular weight is 216 g/mol. The number of carbonyl (C=O) groups is 1. The highest BCUT2D eigenvalue weighted by molar-refractivity contribution is 5.91. The Morgan fingerprint density at radius 1 is 1.50 bits per heavy atom. The standard InChI is InChI=1S/C14H16O2/c1-7-6-16-12-5-14(2)10-4-9(10)13(15)11(14)3-8(7)12/h6,9-11H,3-5H2,1-2H3/t9-,10+,11-,14-/m0/s1. The van der Waals surface area contributed by atoms with Gasteiger partial charge in [-0.1, -0.05) is 6.92 Å². The number of hydrogen-bond donors (Lipinski definition) is 0. The Kier molecular flexibility index (Phi) is 1.38. The molecule has 3 aliphatic rings. The molecule has 1 heterocycles. The van der Waals surface area contributed by atoms with E-state index in [0.717, 1.165) is 25.0 Å². The van der Waals surface area contributed by atoms with Crippen LogP contribution in [0.1, 0.15) is 30.2 Å². The fourth-order valence-electron chi connectivity index (χ4n) is 4.16. The quantitative estimate of drug-likeness (QED) is 0.667. The van der Waals surface area contributed by atoms with Crippen molar-refractivity contribution < 1.29 is 9.21 Å². The number of furan rings is 1. The summed E-state index contributed by atoms with van der Waals surface area (Å²) >= 11 is 0. The van der Waals surface area contributed by atoms with Gasteiger partial charge in [0, 0.05) is 18.3 Å². The van der Waals surface area contributed by atoms with E-state index in [1.807, 2.05) is 6.26 Å². The van der Waals surface area contributed by atoms with Gasteiger partial charge in [-0.3, -0.25) is 4.79 Å². The molecule has 0 bridgehead atoms. The Morgan fingerprint density at radius 2 is 2.31 bits per heavy atom. The van der Waals surface area contributed by atoms with Crippen LogP contribution >= 0.6 is 0 Å². The van der Waals surface area contributed by atoms with Gasteiger partial charge in [-0.15, -0.1) is 0 Å². The molecule has 2 heteroatoms. The first kappa shape index (κ1) is 9.03. The van der Waals surface area contributed by atoms with Crippen molar-refractivity contribution in [2.75, 3.05) is 0 Å². The lowest BCUT2D eigenvalue weighted by molar-refractivity contribution is -0.124. The molecular weight excluding hydrogens is 200 g/mol. The molecule has 0 aliphatic heterocycles. The predicted octanol–water partition coefficient (Wildman–Crippen LogP) is 2.53. The van der Waals surface area contributed by atoms with E-state index in [2.05, 4.69) is 13.8 Å². The van der Waals surface area contributed by atoms with Gasteiger partial charge in [0.25, 0.3) is 0 Å². The molecule has 16 heavy (non-hydrogen) atoms. The van der Waals surface area contributed by atoms with Crippen LogP contribution in [-0.2, 0) is 17.6 Å². The maximum absolute atomic E-state index is 12.2. The molecule has 3 aliphatic carbocycles. The molecule has 4 atom stereocenters. The van der Waals surface area contributed by atoms with Crippen molar-refractivity contribution in [2.45, 2.75) is 33.1 Å². The van der Waals surface area contributed by atoms with Crippen LogP contribution in [0.3, 0.4) is 0 Å². The number of hydrogen-bond acceptors (Lipinski definition) is 2. The van der Waals surface area contributed by atoms with Crippen LogP contribution in [0.5, 0.6) is 0 Å². The Morgan fingerprint density at radius 3 is 3.12 bits per heavy atom. The average Bonchev–Trinajstić information content (AvgIpc) is 2.94. The van der Waals surface area contributed by atoms with E-state index in [1.54, 1.807) is 0 Å². The number of Topliss-reactive ketones (excluding diaryl/α,β-unsaturated/α-hetero) is 1. The lowest BCUT2D eigenvalue weighted by Crippen LogP contribution is -2.37. The molecule has 2 saturated carbocycles. The number of ketones is 1. The molecule has 0 amide bonds. The van der Waals surface area contributed by atoms with Crippen LogP contribution in [0.2, 0.25) is 0 Å². The zero-order valence-electron chi connectivity index (χ0n) is 9.75. The van der Waals surface area contributed by atoms with Gasteiger partial charge in [-0.05, 0) is 42.2 Å². The van der Waals surface area contributed by atoms with Crippen molar-refractivity contribution >= 4 is 5.78 Å². The molecule has 2 fully saturated rings. The van der Waals surface area contributed by atoms with Crippen LogP contribution < -0.4 is 0 Å². The SMILES string of the molecule is Cc1coc2c1C[C@H]1C(=O)[C@H]3C[C@H]3[C@]1(C)C2. The summed E-state index contributed by atoms with van der Waals surface area (Å²) in [5, 5.41) is 0. The van der Waals surface area contributed by atoms with Gasteiger partial charge >= 0.3 is 0 Å². The lowest BCUT2D eigenvalue weighted by Gasteiger charge is -2.36. The number of carbonyl (C=O) groups excluding carboxylic acids is 1. The van der Waals surface area contributed by atoms with Crippen molar-refractivity contribution in [3.63, 3.8) is 0 Å². The molecule has 0 saturated heterocycles.